The highest BCUT2D eigenvalue weighted by atomic mass is 16.5. The summed E-state index contributed by atoms with van der Waals surface area (Å²) in [6, 6.07) is 16.3. The third-order valence-corrected chi connectivity index (χ3v) is 3.83. The van der Waals surface area contributed by atoms with E-state index in [1.807, 2.05) is 62.4 Å². The maximum Gasteiger partial charge on any atom is 0.126 e. The second-order valence-corrected chi connectivity index (χ2v) is 5.83. The first kappa shape index (κ1) is 18.9. The van der Waals surface area contributed by atoms with Gasteiger partial charge in [-0.3, -0.25) is 0 Å². The molecule has 0 radical (unpaired) electrons. The Morgan fingerprint density at radius 2 is 1.08 bits per heavy atom. The van der Waals surface area contributed by atoms with Crippen LogP contribution in [0.4, 0.5) is 0 Å². The minimum atomic E-state index is 0.740. The molecule has 2 heteroatoms. The molecule has 0 atom stereocenters. The van der Waals surface area contributed by atoms with E-state index in [-0.39, 0.29) is 0 Å². The van der Waals surface area contributed by atoms with Gasteiger partial charge in [0.25, 0.3) is 0 Å². The zero-order valence-electron chi connectivity index (χ0n) is 15.3. The summed E-state index contributed by atoms with van der Waals surface area (Å²) < 4.78 is 11.8. The van der Waals surface area contributed by atoms with Gasteiger partial charge in [0.2, 0.25) is 0 Å². The highest BCUT2D eigenvalue weighted by molar-refractivity contribution is 5.57. The maximum absolute atomic E-state index is 5.90. The Labute approximate surface area is 151 Å². The van der Waals surface area contributed by atoms with Crippen LogP contribution in [0, 0.1) is 0 Å². The van der Waals surface area contributed by atoms with E-state index in [4.69, 9.17) is 9.47 Å². The fourth-order valence-electron chi connectivity index (χ4n) is 2.60. The van der Waals surface area contributed by atoms with Crippen LogP contribution in [0.1, 0.15) is 44.2 Å². The van der Waals surface area contributed by atoms with Crippen molar-refractivity contribution in [3.05, 3.63) is 71.8 Å². The largest absolute Gasteiger partial charge is 0.493 e. The van der Waals surface area contributed by atoms with Crippen molar-refractivity contribution in [3.63, 3.8) is 0 Å². The van der Waals surface area contributed by atoms with Crippen LogP contribution in [0.5, 0.6) is 11.5 Å². The van der Waals surface area contributed by atoms with Gasteiger partial charge in [-0.2, -0.15) is 0 Å². The van der Waals surface area contributed by atoms with Crippen LogP contribution < -0.4 is 9.47 Å². The molecule has 132 valence electrons. The lowest BCUT2D eigenvalue weighted by Gasteiger charge is -2.10. The van der Waals surface area contributed by atoms with Gasteiger partial charge in [-0.25, -0.2) is 0 Å². The molecular weight excluding hydrogens is 308 g/mol. The molecule has 0 unspecified atom stereocenters. The van der Waals surface area contributed by atoms with Crippen molar-refractivity contribution in [2.45, 2.75) is 33.1 Å². The van der Waals surface area contributed by atoms with Crippen LogP contribution >= 0.6 is 0 Å². The van der Waals surface area contributed by atoms with Gasteiger partial charge in [0, 0.05) is 11.1 Å². The molecular formula is C23H28O2. The summed E-state index contributed by atoms with van der Waals surface area (Å²) in [5.41, 5.74) is 2.27. The van der Waals surface area contributed by atoms with Gasteiger partial charge >= 0.3 is 0 Å². The van der Waals surface area contributed by atoms with Crippen molar-refractivity contribution in [2.75, 3.05) is 13.2 Å². The molecule has 0 aliphatic carbocycles. The highest BCUT2D eigenvalue weighted by Gasteiger charge is 2.01. The van der Waals surface area contributed by atoms with Crippen molar-refractivity contribution in [1.29, 1.82) is 0 Å². The van der Waals surface area contributed by atoms with Gasteiger partial charge < -0.3 is 9.47 Å². The third kappa shape index (κ3) is 6.50. The number of unbranched alkanes of at least 4 members (excludes halogenated alkanes) is 2. The third-order valence-electron chi connectivity index (χ3n) is 3.83. The van der Waals surface area contributed by atoms with Crippen molar-refractivity contribution < 1.29 is 9.47 Å². The van der Waals surface area contributed by atoms with Crippen molar-refractivity contribution in [2.24, 2.45) is 0 Å². The van der Waals surface area contributed by atoms with E-state index in [0.717, 1.165) is 55.1 Å². The topological polar surface area (TPSA) is 18.5 Å². The van der Waals surface area contributed by atoms with Crippen molar-refractivity contribution >= 4 is 12.2 Å². The first-order valence-electron chi connectivity index (χ1n) is 9.04. The molecule has 0 bridgehead atoms. The van der Waals surface area contributed by atoms with E-state index in [2.05, 4.69) is 24.3 Å². The fourth-order valence-corrected chi connectivity index (χ4v) is 2.60. The minimum Gasteiger partial charge on any atom is -0.493 e. The van der Waals surface area contributed by atoms with E-state index in [9.17, 15) is 0 Å². The number of benzene rings is 2. The molecule has 0 fully saturated rings. The molecule has 2 aromatic rings. The Morgan fingerprint density at radius 1 is 0.640 bits per heavy atom. The normalized spacial score (nSPS) is 11.3. The molecule has 0 aliphatic rings. The minimum absolute atomic E-state index is 0.740. The molecule has 0 heterocycles. The standard InChI is InChI=1S/C23H28O2/c1-3-12-20-14-6-8-16-22(20)24-18-10-5-11-19-25-23-17-9-7-15-21(23)13-4-2/h3-4,6-9,12-17H,5,10-11,18-19H2,1-2H3/b12-3-,13-4-. The predicted octanol–water partition coefficient (Wildman–Crippen LogP) is 6.38. The summed E-state index contributed by atoms with van der Waals surface area (Å²) in [5, 5.41) is 0. The van der Waals surface area contributed by atoms with Crippen LogP contribution in [-0.2, 0) is 0 Å². The van der Waals surface area contributed by atoms with E-state index < -0.39 is 0 Å². The highest BCUT2D eigenvalue weighted by Crippen LogP contribution is 2.21. The van der Waals surface area contributed by atoms with E-state index in [1.54, 1.807) is 0 Å². The van der Waals surface area contributed by atoms with E-state index in [0.29, 0.717) is 0 Å². The molecule has 2 nitrogen and oxygen atoms in total. The first-order valence-corrected chi connectivity index (χ1v) is 9.04. The summed E-state index contributed by atoms with van der Waals surface area (Å²) in [5.74, 6) is 1.91. The number of allylic oxidation sites excluding steroid dienone is 2. The van der Waals surface area contributed by atoms with Crippen LogP contribution in [0.15, 0.2) is 60.7 Å². The van der Waals surface area contributed by atoms with Gasteiger partial charge in [0.15, 0.2) is 0 Å². The second-order valence-electron chi connectivity index (χ2n) is 5.83. The van der Waals surface area contributed by atoms with Gasteiger partial charge in [-0.15, -0.1) is 0 Å². The summed E-state index contributed by atoms with van der Waals surface area (Å²) in [6.07, 6.45) is 11.4. The number of para-hydroxylation sites is 2. The van der Waals surface area contributed by atoms with Gasteiger partial charge in [-0.05, 0) is 45.2 Å². The number of ether oxygens (including phenoxy) is 2. The summed E-state index contributed by atoms with van der Waals surface area (Å²) >= 11 is 0. The predicted molar refractivity (Wildman–Crippen MR) is 107 cm³/mol. The quantitative estimate of drug-likeness (QED) is 0.469. The zero-order chi connectivity index (χ0) is 17.7. The lowest BCUT2D eigenvalue weighted by atomic mass is 10.2. The van der Waals surface area contributed by atoms with Gasteiger partial charge in [0.05, 0.1) is 13.2 Å². The lowest BCUT2D eigenvalue weighted by Crippen LogP contribution is -2.02. The summed E-state index contributed by atoms with van der Waals surface area (Å²) in [4.78, 5) is 0. The molecule has 0 saturated carbocycles. The van der Waals surface area contributed by atoms with Crippen LogP contribution in [0.2, 0.25) is 0 Å². The molecule has 0 N–H and O–H groups in total. The van der Waals surface area contributed by atoms with Crippen molar-refractivity contribution in [1.82, 2.24) is 0 Å². The molecule has 0 aromatic heterocycles. The monoisotopic (exact) mass is 336 g/mol. The van der Waals surface area contributed by atoms with Crippen LogP contribution in [0.3, 0.4) is 0 Å². The number of hydrogen-bond acceptors (Lipinski definition) is 2. The first-order chi connectivity index (χ1) is 12.3. The smallest absolute Gasteiger partial charge is 0.126 e. The Morgan fingerprint density at radius 3 is 1.52 bits per heavy atom. The van der Waals surface area contributed by atoms with Crippen LogP contribution in [0.25, 0.3) is 12.2 Å². The Bertz CT molecular complexity index is 626. The molecule has 0 saturated heterocycles. The van der Waals surface area contributed by atoms with Crippen molar-refractivity contribution in [3.8, 4) is 11.5 Å². The van der Waals surface area contributed by atoms with Crippen LogP contribution in [-0.4, -0.2) is 13.2 Å². The SMILES string of the molecule is C/C=C\c1ccccc1OCCCCCOc1ccccc1/C=C\C. The van der Waals surface area contributed by atoms with E-state index in [1.165, 1.54) is 0 Å². The summed E-state index contributed by atoms with van der Waals surface area (Å²) in [7, 11) is 0. The number of hydrogen-bond donors (Lipinski definition) is 0. The average molecular weight is 336 g/mol. The Hall–Kier alpha value is -2.48. The molecule has 2 rings (SSSR count). The molecule has 2 aromatic carbocycles. The molecule has 0 aliphatic heterocycles. The fraction of sp³-hybridized carbons (Fsp3) is 0.304. The lowest BCUT2D eigenvalue weighted by molar-refractivity contribution is 0.279. The second kappa shape index (κ2) is 11.1. The Kier molecular flexibility index (Phi) is 8.40. The van der Waals surface area contributed by atoms with E-state index >= 15 is 0 Å². The average Bonchev–Trinajstić information content (AvgIpc) is 2.64. The van der Waals surface area contributed by atoms with Gasteiger partial charge in [0.1, 0.15) is 11.5 Å². The number of rotatable bonds is 10. The molecule has 0 amide bonds. The molecule has 0 spiro atoms. The summed E-state index contributed by atoms with van der Waals surface area (Å²) in [6.45, 7) is 5.52. The zero-order valence-corrected chi connectivity index (χ0v) is 15.3. The molecule has 25 heavy (non-hydrogen) atoms. The Balaban J connectivity index is 1.66. The van der Waals surface area contributed by atoms with Gasteiger partial charge in [-0.1, -0.05) is 60.7 Å². The maximum atomic E-state index is 5.90.